The Morgan fingerprint density at radius 1 is 1.10 bits per heavy atom. The number of rotatable bonds is 4. The fourth-order valence-corrected chi connectivity index (χ4v) is 1.95. The fraction of sp³-hybridized carbons (Fsp3) is 0.0625. The Hall–Kier alpha value is -1.97. The molecule has 0 atom stereocenters. The van der Waals surface area contributed by atoms with Crippen LogP contribution in [0, 0.1) is 0 Å². The molecule has 0 saturated carbocycles. The summed E-state index contributed by atoms with van der Waals surface area (Å²) in [6.45, 7) is 0. The van der Waals surface area contributed by atoms with Gasteiger partial charge in [-0.15, -0.1) is 0 Å². The Morgan fingerprint density at radius 3 is 2.43 bits per heavy atom. The standard InChI is InChI=1S/C16H13Cl2NO2/c1-21-13-6-4-12(5-7-13)19-16(20)9-3-11-2-8-14(17)15(18)10-11/h2-10H,1H3,(H,19,20). The third-order valence-corrected chi connectivity index (χ3v) is 3.47. The molecule has 0 bridgehead atoms. The predicted molar refractivity (Wildman–Crippen MR) is 87.1 cm³/mol. The molecule has 0 radical (unpaired) electrons. The number of halogens is 2. The van der Waals surface area contributed by atoms with Crippen molar-refractivity contribution in [1.29, 1.82) is 0 Å². The molecule has 1 N–H and O–H groups in total. The average molecular weight is 322 g/mol. The summed E-state index contributed by atoms with van der Waals surface area (Å²) < 4.78 is 5.05. The first-order valence-electron chi connectivity index (χ1n) is 6.16. The van der Waals surface area contributed by atoms with Gasteiger partial charge >= 0.3 is 0 Å². The molecule has 0 aliphatic heterocycles. The van der Waals surface area contributed by atoms with E-state index in [1.165, 1.54) is 6.08 Å². The molecular weight excluding hydrogens is 309 g/mol. The SMILES string of the molecule is COc1ccc(NC(=O)C=Cc2ccc(Cl)c(Cl)c2)cc1. The van der Waals surface area contributed by atoms with Gasteiger partial charge in [0.25, 0.3) is 0 Å². The second kappa shape index (κ2) is 7.16. The molecule has 5 heteroatoms. The first kappa shape index (κ1) is 15.4. The molecule has 2 aromatic rings. The van der Waals surface area contributed by atoms with Crippen molar-refractivity contribution in [2.24, 2.45) is 0 Å². The summed E-state index contributed by atoms with van der Waals surface area (Å²) in [5, 5.41) is 3.69. The highest BCUT2D eigenvalue weighted by Crippen LogP contribution is 2.23. The van der Waals surface area contributed by atoms with E-state index in [0.717, 1.165) is 11.3 Å². The summed E-state index contributed by atoms with van der Waals surface area (Å²) in [4.78, 5) is 11.8. The van der Waals surface area contributed by atoms with E-state index < -0.39 is 0 Å². The first-order chi connectivity index (χ1) is 10.1. The molecule has 2 aromatic carbocycles. The summed E-state index contributed by atoms with van der Waals surface area (Å²) in [5.74, 6) is 0.505. The molecule has 0 unspecified atom stereocenters. The van der Waals surface area contributed by atoms with E-state index in [2.05, 4.69) is 5.32 Å². The first-order valence-corrected chi connectivity index (χ1v) is 6.92. The van der Waals surface area contributed by atoms with E-state index in [-0.39, 0.29) is 5.91 Å². The Bertz CT molecular complexity index is 666. The molecule has 0 aliphatic carbocycles. The van der Waals surface area contributed by atoms with Gasteiger partial charge in [-0.2, -0.15) is 0 Å². The quantitative estimate of drug-likeness (QED) is 0.832. The molecule has 0 fully saturated rings. The molecule has 0 spiro atoms. The number of amides is 1. The van der Waals surface area contributed by atoms with Crippen molar-refractivity contribution in [2.75, 3.05) is 12.4 Å². The van der Waals surface area contributed by atoms with Gasteiger partial charge in [-0.25, -0.2) is 0 Å². The molecule has 2 rings (SSSR count). The van der Waals surface area contributed by atoms with E-state index >= 15 is 0 Å². The van der Waals surface area contributed by atoms with Crippen LogP contribution < -0.4 is 10.1 Å². The van der Waals surface area contributed by atoms with Gasteiger partial charge in [0, 0.05) is 11.8 Å². The lowest BCUT2D eigenvalue weighted by atomic mass is 10.2. The summed E-state index contributed by atoms with van der Waals surface area (Å²) in [6, 6.07) is 12.3. The van der Waals surface area contributed by atoms with Gasteiger partial charge in [0.1, 0.15) is 5.75 Å². The summed E-state index contributed by atoms with van der Waals surface area (Å²) in [7, 11) is 1.59. The molecule has 108 valence electrons. The zero-order valence-electron chi connectivity index (χ0n) is 11.3. The highest BCUT2D eigenvalue weighted by molar-refractivity contribution is 6.42. The van der Waals surface area contributed by atoms with E-state index in [0.29, 0.717) is 15.7 Å². The van der Waals surface area contributed by atoms with Crippen LogP contribution in [0.15, 0.2) is 48.5 Å². The Morgan fingerprint density at radius 2 is 1.81 bits per heavy atom. The van der Waals surface area contributed by atoms with Crippen LogP contribution in [0.25, 0.3) is 6.08 Å². The van der Waals surface area contributed by atoms with Gasteiger partial charge in [-0.05, 0) is 48.0 Å². The third-order valence-electron chi connectivity index (χ3n) is 2.73. The van der Waals surface area contributed by atoms with Crippen LogP contribution in [0.5, 0.6) is 5.75 Å². The Kier molecular flexibility index (Phi) is 5.26. The van der Waals surface area contributed by atoms with Gasteiger partial charge in [-0.1, -0.05) is 29.3 Å². The van der Waals surface area contributed by atoms with Gasteiger partial charge in [0.05, 0.1) is 17.2 Å². The summed E-state index contributed by atoms with van der Waals surface area (Å²) in [5.41, 5.74) is 1.49. The fourth-order valence-electron chi connectivity index (χ4n) is 1.65. The molecule has 21 heavy (non-hydrogen) atoms. The number of methoxy groups -OCH3 is 1. The number of nitrogens with one attached hydrogen (secondary N) is 1. The zero-order valence-corrected chi connectivity index (χ0v) is 12.8. The van der Waals surface area contributed by atoms with Crippen molar-refractivity contribution in [3.63, 3.8) is 0 Å². The van der Waals surface area contributed by atoms with Crippen LogP contribution in [0.3, 0.4) is 0 Å². The maximum atomic E-state index is 11.8. The molecule has 0 saturated heterocycles. The normalized spacial score (nSPS) is 10.6. The van der Waals surface area contributed by atoms with E-state index in [4.69, 9.17) is 27.9 Å². The minimum absolute atomic E-state index is 0.230. The smallest absolute Gasteiger partial charge is 0.248 e. The second-order valence-electron chi connectivity index (χ2n) is 4.22. The average Bonchev–Trinajstić information content (AvgIpc) is 2.49. The highest BCUT2D eigenvalue weighted by atomic mass is 35.5. The minimum atomic E-state index is -0.230. The topological polar surface area (TPSA) is 38.3 Å². The van der Waals surface area contributed by atoms with Crippen molar-refractivity contribution in [2.45, 2.75) is 0 Å². The van der Waals surface area contributed by atoms with Crippen LogP contribution in [0.4, 0.5) is 5.69 Å². The maximum absolute atomic E-state index is 11.8. The molecular formula is C16H13Cl2NO2. The Balaban J connectivity index is 1.99. The highest BCUT2D eigenvalue weighted by Gasteiger charge is 2.00. The lowest BCUT2D eigenvalue weighted by Gasteiger charge is -2.03. The second-order valence-corrected chi connectivity index (χ2v) is 5.04. The summed E-state index contributed by atoms with van der Waals surface area (Å²) >= 11 is 11.7. The third kappa shape index (κ3) is 4.52. The molecule has 0 heterocycles. The van der Waals surface area contributed by atoms with Gasteiger partial charge < -0.3 is 10.1 Å². The summed E-state index contributed by atoms with van der Waals surface area (Å²) in [6.07, 6.45) is 3.10. The number of carbonyl (C=O) groups excluding carboxylic acids is 1. The van der Waals surface area contributed by atoms with Crippen LogP contribution in [-0.2, 0) is 4.79 Å². The lowest BCUT2D eigenvalue weighted by molar-refractivity contribution is -0.111. The predicted octanol–water partition coefficient (Wildman–Crippen LogP) is 4.65. The van der Waals surface area contributed by atoms with Crippen molar-refractivity contribution in [3.8, 4) is 5.75 Å². The molecule has 0 aliphatic rings. The lowest BCUT2D eigenvalue weighted by Crippen LogP contribution is -2.07. The van der Waals surface area contributed by atoms with Gasteiger partial charge in [0.15, 0.2) is 0 Å². The minimum Gasteiger partial charge on any atom is -0.497 e. The van der Waals surface area contributed by atoms with Crippen LogP contribution in [0.1, 0.15) is 5.56 Å². The van der Waals surface area contributed by atoms with Crippen LogP contribution >= 0.6 is 23.2 Å². The number of hydrogen-bond acceptors (Lipinski definition) is 2. The van der Waals surface area contributed by atoms with Gasteiger partial charge in [0.2, 0.25) is 5.91 Å². The maximum Gasteiger partial charge on any atom is 0.248 e. The van der Waals surface area contributed by atoms with Crippen molar-refractivity contribution in [1.82, 2.24) is 0 Å². The molecule has 3 nitrogen and oxygen atoms in total. The van der Waals surface area contributed by atoms with Crippen LogP contribution in [0.2, 0.25) is 10.0 Å². The number of carbonyl (C=O) groups is 1. The van der Waals surface area contributed by atoms with Gasteiger partial charge in [-0.3, -0.25) is 4.79 Å². The van der Waals surface area contributed by atoms with Crippen molar-refractivity contribution >= 4 is 40.9 Å². The van der Waals surface area contributed by atoms with E-state index in [1.807, 2.05) is 0 Å². The number of hydrogen-bond donors (Lipinski definition) is 1. The largest absolute Gasteiger partial charge is 0.497 e. The molecule has 0 aromatic heterocycles. The number of anilines is 1. The Labute approximate surface area is 133 Å². The van der Waals surface area contributed by atoms with Crippen LogP contribution in [-0.4, -0.2) is 13.0 Å². The zero-order chi connectivity index (χ0) is 15.2. The van der Waals surface area contributed by atoms with E-state index in [1.54, 1.807) is 55.7 Å². The van der Waals surface area contributed by atoms with Crippen molar-refractivity contribution < 1.29 is 9.53 Å². The number of ether oxygens (including phenoxy) is 1. The molecule has 1 amide bonds. The number of benzene rings is 2. The van der Waals surface area contributed by atoms with Crippen molar-refractivity contribution in [3.05, 3.63) is 64.1 Å². The monoisotopic (exact) mass is 321 g/mol. The van der Waals surface area contributed by atoms with E-state index in [9.17, 15) is 4.79 Å².